The van der Waals surface area contributed by atoms with Crippen molar-refractivity contribution in [3.8, 4) is 11.5 Å². The number of benzene rings is 2. The van der Waals surface area contributed by atoms with Crippen molar-refractivity contribution in [2.45, 2.75) is 20.0 Å². The van der Waals surface area contributed by atoms with Crippen molar-refractivity contribution in [2.75, 3.05) is 12.4 Å². The number of hydrogen-bond donors (Lipinski definition) is 1. The minimum absolute atomic E-state index is 0.251. The Bertz CT molecular complexity index is 673. The number of rotatable bonds is 5. The summed E-state index contributed by atoms with van der Waals surface area (Å²) < 4.78 is 10.9. The van der Waals surface area contributed by atoms with Gasteiger partial charge in [0.1, 0.15) is 11.5 Å². The molecule has 0 fully saturated rings. The number of nitrogens with one attached hydrogen (secondary N) is 1. The molecule has 0 aliphatic heterocycles. The van der Waals surface area contributed by atoms with Gasteiger partial charge in [0.2, 0.25) is 0 Å². The number of ether oxygens (including phenoxy) is 2. The lowest BCUT2D eigenvalue weighted by Crippen LogP contribution is -2.30. The van der Waals surface area contributed by atoms with Crippen LogP contribution in [0.2, 0.25) is 5.02 Å². The van der Waals surface area contributed by atoms with E-state index in [2.05, 4.69) is 5.32 Å². The van der Waals surface area contributed by atoms with Crippen LogP contribution in [0.5, 0.6) is 11.5 Å². The molecule has 0 heterocycles. The second kappa shape index (κ2) is 7.18. The number of hydrogen-bond acceptors (Lipinski definition) is 3. The van der Waals surface area contributed by atoms with Crippen LogP contribution in [-0.4, -0.2) is 19.1 Å². The van der Waals surface area contributed by atoms with Gasteiger partial charge >= 0.3 is 0 Å². The molecule has 1 atom stereocenters. The van der Waals surface area contributed by atoms with Crippen molar-refractivity contribution in [1.29, 1.82) is 0 Å². The maximum atomic E-state index is 12.2. The van der Waals surface area contributed by atoms with Crippen LogP contribution < -0.4 is 14.8 Å². The Morgan fingerprint density at radius 1 is 1.18 bits per heavy atom. The largest absolute Gasteiger partial charge is 0.495 e. The Morgan fingerprint density at radius 2 is 1.91 bits per heavy atom. The summed E-state index contributed by atoms with van der Waals surface area (Å²) >= 11 is 5.91. The molecule has 5 heteroatoms. The highest BCUT2D eigenvalue weighted by molar-refractivity contribution is 6.30. The van der Waals surface area contributed by atoms with Gasteiger partial charge in [0, 0.05) is 5.02 Å². The number of anilines is 1. The van der Waals surface area contributed by atoms with E-state index in [1.165, 1.54) is 0 Å². The molecule has 0 unspecified atom stereocenters. The van der Waals surface area contributed by atoms with Gasteiger partial charge < -0.3 is 14.8 Å². The van der Waals surface area contributed by atoms with E-state index < -0.39 is 6.10 Å². The highest BCUT2D eigenvalue weighted by Crippen LogP contribution is 2.25. The lowest BCUT2D eigenvalue weighted by Gasteiger charge is -2.17. The van der Waals surface area contributed by atoms with Crippen LogP contribution in [0.4, 0.5) is 5.69 Å². The van der Waals surface area contributed by atoms with E-state index >= 15 is 0 Å². The molecule has 1 amide bonds. The highest BCUT2D eigenvalue weighted by atomic mass is 35.5. The van der Waals surface area contributed by atoms with Crippen LogP contribution in [0.15, 0.2) is 42.5 Å². The third-order valence-corrected chi connectivity index (χ3v) is 3.41. The first kappa shape index (κ1) is 16.2. The van der Waals surface area contributed by atoms with Crippen molar-refractivity contribution in [3.63, 3.8) is 0 Å². The topological polar surface area (TPSA) is 47.6 Å². The fourth-order valence-corrected chi connectivity index (χ4v) is 2.20. The number of para-hydroxylation sites is 2. The summed E-state index contributed by atoms with van der Waals surface area (Å²) in [5.74, 6) is 0.983. The van der Waals surface area contributed by atoms with Crippen molar-refractivity contribution >= 4 is 23.2 Å². The zero-order valence-electron chi connectivity index (χ0n) is 12.7. The predicted molar refractivity (Wildman–Crippen MR) is 87.9 cm³/mol. The van der Waals surface area contributed by atoms with Crippen molar-refractivity contribution in [1.82, 2.24) is 0 Å². The molecule has 0 aromatic heterocycles. The highest BCUT2D eigenvalue weighted by Gasteiger charge is 2.17. The molecule has 116 valence electrons. The fraction of sp³-hybridized carbons (Fsp3) is 0.235. The molecule has 1 N–H and O–H groups in total. The number of methoxy groups -OCH3 is 1. The Kier molecular flexibility index (Phi) is 5.28. The van der Waals surface area contributed by atoms with Gasteiger partial charge in [-0.1, -0.05) is 23.7 Å². The maximum Gasteiger partial charge on any atom is 0.265 e. The number of halogens is 1. The molecule has 2 aromatic carbocycles. The zero-order chi connectivity index (χ0) is 16.1. The van der Waals surface area contributed by atoms with Crippen molar-refractivity contribution in [3.05, 3.63) is 53.1 Å². The van der Waals surface area contributed by atoms with Gasteiger partial charge in [-0.3, -0.25) is 4.79 Å². The average Bonchev–Trinajstić information content (AvgIpc) is 2.50. The summed E-state index contributed by atoms with van der Waals surface area (Å²) in [5, 5.41) is 3.43. The van der Waals surface area contributed by atoms with Crippen molar-refractivity contribution < 1.29 is 14.3 Å². The Hall–Kier alpha value is -2.20. The van der Waals surface area contributed by atoms with E-state index in [9.17, 15) is 4.79 Å². The lowest BCUT2D eigenvalue weighted by atomic mass is 10.2. The normalized spacial score (nSPS) is 11.6. The van der Waals surface area contributed by atoms with Crippen LogP contribution >= 0.6 is 11.6 Å². The summed E-state index contributed by atoms with van der Waals surface area (Å²) in [7, 11) is 1.56. The lowest BCUT2D eigenvalue weighted by molar-refractivity contribution is -0.122. The second-order valence-corrected chi connectivity index (χ2v) is 5.30. The summed E-state index contributed by atoms with van der Waals surface area (Å²) in [4.78, 5) is 12.2. The molecular formula is C17H18ClNO3. The zero-order valence-corrected chi connectivity index (χ0v) is 13.5. The van der Waals surface area contributed by atoms with Gasteiger partial charge in [-0.25, -0.2) is 0 Å². The number of aryl methyl sites for hydroxylation is 1. The fourth-order valence-electron chi connectivity index (χ4n) is 1.97. The molecule has 0 bridgehead atoms. The molecule has 2 rings (SSSR count). The van der Waals surface area contributed by atoms with Gasteiger partial charge in [0.15, 0.2) is 6.10 Å². The van der Waals surface area contributed by atoms with E-state index in [0.29, 0.717) is 22.2 Å². The molecule has 22 heavy (non-hydrogen) atoms. The number of carbonyl (C=O) groups is 1. The first-order valence-electron chi connectivity index (χ1n) is 6.88. The smallest absolute Gasteiger partial charge is 0.265 e. The van der Waals surface area contributed by atoms with Crippen LogP contribution in [0.1, 0.15) is 12.5 Å². The summed E-state index contributed by atoms with van der Waals surface area (Å²) in [6.45, 7) is 3.57. The van der Waals surface area contributed by atoms with Gasteiger partial charge in [0.05, 0.1) is 12.8 Å². The van der Waals surface area contributed by atoms with Crippen LogP contribution in [0, 0.1) is 6.92 Å². The molecule has 0 aliphatic rings. The summed E-state index contributed by atoms with van der Waals surface area (Å²) in [6, 6.07) is 12.5. The first-order chi connectivity index (χ1) is 10.5. The van der Waals surface area contributed by atoms with Gasteiger partial charge in [-0.2, -0.15) is 0 Å². The SMILES string of the molecule is COc1ccccc1NC(=O)[C@H](C)Oc1ccc(Cl)cc1C. The predicted octanol–water partition coefficient (Wildman–Crippen LogP) is 4.06. The quantitative estimate of drug-likeness (QED) is 0.904. The summed E-state index contributed by atoms with van der Waals surface area (Å²) in [5.41, 5.74) is 1.49. The molecule has 0 radical (unpaired) electrons. The summed E-state index contributed by atoms with van der Waals surface area (Å²) in [6.07, 6.45) is -0.648. The third kappa shape index (κ3) is 3.92. The first-order valence-corrected chi connectivity index (χ1v) is 7.25. The number of amides is 1. The van der Waals surface area contributed by atoms with Gasteiger partial charge in [-0.15, -0.1) is 0 Å². The monoisotopic (exact) mass is 319 g/mol. The van der Waals surface area contributed by atoms with E-state index in [-0.39, 0.29) is 5.91 Å². The maximum absolute atomic E-state index is 12.2. The van der Waals surface area contributed by atoms with Gasteiger partial charge in [-0.05, 0) is 49.7 Å². The molecule has 0 saturated carbocycles. The minimum atomic E-state index is -0.648. The molecule has 0 spiro atoms. The molecule has 2 aromatic rings. The molecular weight excluding hydrogens is 302 g/mol. The molecule has 0 saturated heterocycles. The Labute approximate surface area is 135 Å². The number of carbonyl (C=O) groups excluding carboxylic acids is 1. The van der Waals surface area contributed by atoms with Crippen molar-refractivity contribution in [2.24, 2.45) is 0 Å². The standard InChI is InChI=1S/C17H18ClNO3/c1-11-10-13(18)8-9-15(11)22-12(2)17(20)19-14-6-4-5-7-16(14)21-3/h4-10,12H,1-3H3,(H,19,20)/t12-/m0/s1. The Balaban J connectivity index is 2.06. The minimum Gasteiger partial charge on any atom is -0.495 e. The van der Waals surface area contributed by atoms with E-state index in [0.717, 1.165) is 5.56 Å². The van der Waals surface area contributed by atoms with Gasteiger partial charge in [0.25, 0.3) is 5.91 Å². The average molecular weight is 320 g/mol. The van der Waals surface area contributed by atoms with Crippen LogP contribution in [-0.2, 0) is 4.79 Å². The Morgan fingerprint density at radius 3 is 2.59 bits per heavy atom. The van der Waals surface area contributed by atoms with E-state index in [1.54, 1.807) is 44.4 Å². The second-order valence-electron chi connectivity index (χ2n) is 4.86. The molecule has 0 aliphatic carbocycles. The van der Waals surface area contributed by atoms with E-state index in [1.807, 2.05) is 19.1 Å². The van der Waals surface area contributed by atoms with Crippen LogP contribution in [0.3, 0.4) is 0 Å². The third-order valence-electron chi connectivity index (χ3n) is 3.17. The van der Waals surface area contributed by atoms with Crippen LogP contribution in [0.25, 0.3) is 0 Å². The molecule has 4 nitrogen and oxygen atoms in total. The van der Waals surface area contributed by atoms with E-state index in [4.69, 9.17) is 21.1 Å².